The Hall–Kier alpha value is -3.16. The summed E-state index contributed by atoms with van der Waals surface area (Å²) in [6.45, 7) is -3.45. The summed E-state index contributed by atoms with van der Waals surface area (Å²) in [5, 5.41) is 2.40. The van der Waals surface area contributed by atoms with Gasteiger partial charge in [0.25, 0.3) is 11.8 Å². The van der Waals surface area contributed by atoms with E-state index in [9.17, 15) is 18.4 Å². The largest absolute Gasteiger partial charge is 0.483 e. The number of hydrogen-bond acceptors (Lipinski definition) is 4. The van der Waals surface area contributed by atoms with Gasteiger partial charge in [-0.15, -0.1) is 0 Å². The summed E-state index contributed by atoms with van der Waals surface area (Å²) < 4.78 is 34.2. The first kappa shape index (κ1) is 17.2. The zero-order valence-corrected chi connectivity index (χ0v) is 12.4. The maximum atomic E-state index is 12.3. The van der Waals surface area contributed by atoms with E-state index in [4.69, 9.17) is 10.5 Å². The minimum atomic E-state index is -3.01. The van der Waals surface area contributed by atoms with Gasteiger partial charge in [0, 0.05) is 0 Å². The molecule has 0 aliphatic carbocycles. The normalized spacial score (nSPS) is 10.3. The second-order valence-electron chi connectivity index (χ2n) is 4.57. The fourth-order valence-corrected chi connectivity index (χ4v) is 1.89. The van der Waals surface area contributed by atoms with Crippen LogP contribution in [0.2, 0.25) is 0 Å². The number of anilines is 1. The van der Waals surface area contributed by atoms with Crippen LogP contribution in [0.25, 0.3) is 0 Å². The Morgan fingerprint density at radius 1 is 1.04 bits per heavy atom. The first-order valence-corrected chi connectivity index (χ1v) is 6.82. The third-order valence-corrected chi connectivity index (χ3v) is 2.89. The zero-order valence-electron chi connectivity index (χ0n) is 12.4. The van der Waals surface area contributed by atoms with Crippen molar-refractivity contribution < 1.29 is 27.8 Å². The van der Waals surface area contributed by atoms with Gasteiger partial charge in [-0.1, -0.05) is 24.3 Å². The molecule has 2 aromatic carbocycles. The summed E-state index contributed by atoms with van der Waals surface area (Å²) in [5.41, 5.74) is 5.41. The third kappa shape index (κ3) is 4.67. The Kier molecular flexibility index (Phi) is 5.67. The maximum absolute atomic E-state index is 12.3. The highest BCUT2D eigenvalue weighted by atomic mass is 19.3. The molecule has 0 fully saturated rings. The van der Waals surface area contributed by atoms with Crippen LogP contribution in [0, 0.1) is 0 Å². The minimum absolute atomic E-state index is 0.0783. The molecule has 0 saturated carbocycles. The number of ether oxygens (including phenoxy) is 2. The average molecular weight is 336 g/mol. The van der Waals surface area contributed by atoms with Crippen molar-refractivity contribution in [3.05, 3.63) is 54.1 Å². The summed E-state index contributed by atoms with van der Waals surface area (Å²) in [5.74, 6) is -1.32. The lowest BCUT2D eigenvalue weighted by molar-refractivity contribution is -0.118. The minimum Gasteiger partial charge on any atom is -0.483 e. The van der Waals surface area contributed by atoms with Crippen molar-refractivity contribution in [2.24, 2.45) is 5.73 Å². The van der Waals surface area contributed by atoms with Gasteiger partial charge in [-0.3, -0.25) is 9.59 Å². The fourth-order valence-electron chi connectivity index (χ4n) is 1.89. The molecule has 0 aliphatic rings. The van der Waals surface area contributed by atoms with Crippen molar-refractivity contribution >= 4 is 17.5 Å². The topological polar surface area (TPSA) is 90.7 Å². The van der Waals surface area contributed by atoms with E-state index in [-0.39, 0.29) is 22.7 Å². The number of primary amides is 1. The number of carbonyl (C=O) groups excluding carboxylic acids is 2. The molecule has 126 valence electrons. The summed E-state index contributed by atoms with van der Waals surface area (Å²) in [7, 11) is 0. The quantitative estimate of drug-likeness (QED) is 0.812. The Morgan fingerprint density at radius 3 is 2.33 bits per heavy atom. The van der Waals surface area contributed by atoms with Crippen LogP contribution in [-0.2, 0) is 4.79 Å². The molecular formula is C16H14F2N2O4. The number of para-hydroxylation sites is 3. The molecule has 0 heterocycles. The second kappa shape index (κ2) is 7.91. The van der Waals surface area contributed by atoms with Gasteiger partial charge in [-0.05, 0) is 24.3 Å². The molecule has 0 radical (unpaired) electrons. The molecule has 0 unspecified atom stereocenters. The predicted molar refractivity (Wildman–Crippen MR) is 82.2 cm³/mol. The van der Waals surface area contributed by atoms with Gasteiger partial charge in [0.05, 0.1) is 11.3 Å². The van der Waals surface area contributed by atoms with Crippen LogP contribution in [0.1, 0.15) is 10.4 Å². The number of rotatable bonds is 7. The number of carbonyl (C=O) groups is 2. The SMILES string of the molecule is NC(=O)c1ccccc1OCC(=O)Nc1ccccc1OC(F)F. The Morgan fingerprint density at radius 2 is 1.67 bits per heavy atom. The molecule has 2 aromatic rings. The Labute approximate surface area is 136 Å². The van der Waals surface area contributed by atoms with Gasteiger partial charge in [0.2, 0.25) is 0 Å². The van der Waals surface area contributed by atoms with Gasteiger partial charge in [0.1, 0.15) is 11.5 Å². The number of benzene rings is 2. The number of nitrogens with two attached hydrogens (primary N) is 1. The lowest BCUT2D eigenvalue weighted by atomic mass is 10.2. The van der Waals surface area contributed by atoms with E-state index in [0.717, 1.165) is 0 Å². The number of hydrogen-bond donors (Lipinski definition) is 2. The highest BCUT2D eigenvalue weighted by Gasteiger charge is 2.13. The molecule has 0 bridgehead atoms. The van der Waals surface area contributed by atoms with Crippen LogP contribution in [0.3, 0.4) is 0 Å². The van der Waals surface area contributed by atoms with Crippen molar-refractivity contribution in [2.75, 3.05) is 11.9 Å². The maximum Gasteiger partial charge on any atom is 0.387 e. The number of nitrogens with one attached hydrogen (secondary N) is 1. The Bertz CT molecular complexity index is 738. The summed E-state index contributed by atoms with van der Waals surface area (Å²) in [6.07, 6.45) is 0. The third-order valence-electron chi connectivity index (χ3n) is 2.89. The van der Waals surface area contributed by atoms with E-state index in [1.807, 2.05) is 0 Å². The zero-order chi connectivity index (χ0) is 17.5. The van der Waals surface area contributed by atoms with Crippen LogP contribution >= 0.6 is 0 Å². The van der Waals surface area contributed by atoms with E-state index in [0.29, 0.717) is 0 Å². The molecule has 8 heteroatoms. The number of alkyl halides is 2. The predicted octanol–water partition coefficient (Wildman–Crippen LogP) is 2.40. The first-order chi connectivity index (χ1) is 11.5. The molecular weight excluding hydrogens is 322 g/mol. The van der Waals surface area contributed by atoms with E-state index in [2.05, 4.69) is 10.1 Å². The molecule has 3 N–H and O–H groups in total. The lowest BCUT2D eigenvalue weighted by Gasteiger charge is -2.12. The van der Waals surface area contributed by atoms with Gasteiger partial charge >= 0.3 is 6.61 Å². The van der Waals surface area contributed by atoms with E-state index >= 15 is 0 Å². The summed E-state index contributed by atoms with van der Waals surface area (Å²) >= 11 is 0. The molecule has 0 aromatic heterocycles. The molecule has 0 atom stereocenters. The van der Waals surface area contributed by atoms with Crippen molar-refractivity contribution in [3.8, 4) is 11.5 Å². The molecule has 24 heavy (non-hydrogen) atoms. The van der Waals surface area contributed by atoms with Gasteiger partial charge in [-0.2, -0.15) is 8.78 Å². The molecule has 6 nitrogen and oxygen atoms in total. The van der Waals surface area contributed by atoms with Crippen molar-refractivity contribution in [3.63, 3.8) is 0 Å². The monoisotopic (exact) mass is 336 g/mol. The van der Waals surface area contributed by atoms with Gasteiger partial charge < -0.3 is 20.5 Å². The second-order valence-corrected chi connectivity index (χ2v) is 4.57. The van der Waals surface area contributed by atoms with Crippen LogP contribution < -0.4 is 20.5 Å². The van der Waals surface area contributed by atoms with Gasteiger partial charge in [0.15, 0.2) is 6.61 Å². The number of halogens is 2. The fraction of sp³-hybridized carbons (Fsp3) is 0.125. The molecule has 2 amide bonds. The van der Waals surface area contributed by atoms with Crippen LogP contribution in [0.4, 0.5) is 14.5 Å². The molecule has 2 rings (SSSR count). The highest BCUT2D eigenvalue weighted by molar-refractivity contribution is 5.96. The van der Waals surface area contributed by atoms with Crippen LogP contribution in [0.15, 0.2) is 48.5 Å². The van der Waals surface area contributed by atoms with E-state index in [1.54, 1.807) is 18.2 Å². The van der Waals surface area contributed by atoms with E-state index in [1.165, 1.54) is 30.3 Å². The van der Waals surface area contributed by atoms with Crippen LogP contribution in [0.5, 0.6) is 11.5 Å². The highest BCUT2D eigenvalue weighted by Crippen LogP contribution is 2.25. The van der Waals surface area contributed by atoms with Crippen LogP contribution in [-0.4, -0.2) is 25.0 Å². The summed E-state index contributed by atoms with van der Waals surface area (Å²) in [4.78, 5) is 23.2. The van der Waals surface area contributed by atoms with Crippen molar-refractivity contribution in [1.29, 1.82) is 0 Å². The standard InChI is InChI=1S/C16H14F2N2O4/c17-16(18)24-13-8-4-2-6-11(13)20-14(21)9-23-12-7-3-1-5-10(12)15(19)22/h1-8,16H,9H2,(H2,19,22)(H,20,21). The molecule has 0 spiro atoms. The first-order valence-electron chi connectivity index (χ1n) is 6.82. The average Bonchev–Trinajstić information content (AvgIpc) is 2.54. The van der Waals surface area contributed by atoms with Gasteiger partial charge in [-0.25, -0.2) is 0 Å². The lowest BCUT2D eigenvalue weighted by Crippen LogP contribution is -2.22. The van der Waals surface area contributed by atoms with Crippen molar-refractivity contribution in [2.45, 2.75) is 6.61 Å². The van der Waals surface area contributed by atoms with E-state index < -0.39 is 25.0 Å². The Balaban J connectivity index is 2.01. The smallest absolute Gasteiger partial charge is 0.387 e. The summed E-state index contributed by atoms with van der Waals surface area (Å²) in [6, 6.07) is 11.9. The number of amides is 2. The molecule has 0 saturated heterocycles. The molecule has 0 aliphatic heterocycles. The van der Waals surface area contributed by atoms with Crippen molar-refractivity contribution in [1.82, 2.24) is 0 Å².